The van der Waals surface area contributed by atoms with Crippen LogP contribution in [0.3, 0.4) is 0 Å². The summed E-state index contributed by atoms with van der Waals surface area (Å²) in [5.41, 5.74) is 0.385. The Balaban J connectivity index is 1.82. The van der Waals surface area contributed by atoms with E-state index < -0.39 is 10.0 Å². The van der Waals surface area contributed by atoms with Crippen LogP contribution in [0, 0.1) is 0 Å². The zero-order valence-electron chi connectivity index (χ0n) is 14.6. The number of rotatable bonds is 3. The van der Waals surface area contributed by atoms with Gasteiger partial charge in [-0.1, -0.05) is 6.07 Å². The van der Waals surface area contributed by atoms with Crippen LogP contribution in [-0.2, 0) is 19.5 Å². The van der Waals surface area contributed by atoms with Crippen LogP contribution in [-0.4, -0.2) is 75.1 Å². The minimum absolute atomic E-state index is 0.0343. The van der Waals surface area contributed by atoms with Crippen molar-refractivity contribution in [3.05, 3.63) is 29.8 Å². The number of nitrogens with zero attached hydrogens (tertiary/aromatic N) is 2. The van der Waals surface area contributed by atoms with Crippen molar-refractivity contribution in [1.29, 1.82) is 0 Å². The lowest BCUT2D eigenvalue weighted by Gasteiger charge is -2.35. The molecular formula is C17H24N2O5S. The number of morpholine rings is 2. The van der Waals surface area contributed by atoms with E-state index >= 15 is 0 Å². The van der Waals surface area contributed by atoms with E-state index in [1.807, 2.05) is 13.8 Å². The molecule has 138 valence electrons. The molecule has 2 heterocycles. The molecular weight excluding hydrogens is 344 g/mol. The van der Waals surface area contributed by atoms with Crippen LogP contribution in [0.1, 0.15) is 24.2 Å². The number of sulfonamides is 1. The highest BCUT2D eigenvalue weighted by molar-refractivity contribution is 7.89. The molecule has 1 aromatic carbocycles. The van der Waals surface area contributed by atoms with Gasteiger partial charge in [0.25, 0.3) is 5.91 Å². The molecule has 0 bridgehead atoms. The predicted octanol–water partition coefficient (Wildman–Crippen LogP) is 0.957. The summed E-state index contributed by atoms with van der Waals surface area (Å²) < 4.78 is 37.8. The van der Waals surface area contributed by atoms with Crippen LogP contribution in [0.5, 0.6) is 0 Å². The Morgan fingerprint density at radius 3 is 2.40 bits per heavy atom. The van der Waals surface area contributed by atoms with Crippen molar-refractivity contribution in [2.45, 2.75) is 31.0 Å². The molecule has 0 N–H and O–H groups in total. The Hall–Kier alpha value is -1.48. The van der Waals surface area contributed by atoms with Gasteiger partial charge in [-0.3, -0.25) is 4.79 Å². The number of hydrogen-bond donors (Lipinski definition) is 0. The molecule has 0 radical (unpaired) electrons. The molecule has 1 amide bonds. The Kier molecular flexibility index (Phi) is 5.43. The summed E-state index contributed by atoms with van der Waals surface area (Å²) in [6.07, 6.45) is -0.0686. The average molecular weight is 368 g/mol. The fraction of sp³-hybridized carbons (Fsp3) is 0.588. The molecule has 2 saturated heterocycles. The maximum Gasteiger partial charge on any atom is 0.254 e. The summed E-state index contributed by atoms with van der Waals surface area (Å²) in [5, 5.41) is 0. The highest BCUT2D eigenvalue weighted by Crippen LogP contribution is 2.20. The largest absolute Gasteiger partial charge is 0.379 e. The molecule has 25 heavy (non-hydrogen) atoms. The normalized spacial score (nSPS) is 25.8. The molecule has 2 aliphatic heterocycles. The van der Waals surface area contributed by atoms with Crippen LogP contribution in [0.15, 0.2) is 29.2 Å². The maximum atomic E-state index is 12.8. The van der Waals surface area contributed by atoms with Crippen molar-refractivity contribution in [2.75, 3.05) is 39.4 Å². The van der Waals surface area contributed by atoms with Gasteiger partial charge in [0.2, 0.25) is 10.0 Å². The second-order valence-electron chi connectivity index (χ2n) is 6.51. The zero-order chi connectivity index (χ0) is 18.0. The van der Waals surface area contributed by atoms with E-state index in [4.69, 9.17) is 9.47 Å². The van der Waals surface area contributed by atoms with E-state index in [9.17, 15) is 13.2 Å². The van der Waals surface area contributed by atoms with E-state index in [0.717, 1.165) is 0 Å². The van der Waals surface area contributed by atoms with Gasteiger partial charge in [-0.25, -0.2) is 8.42 Å². The van der Waals surface area contributed by atoms with Gasteiger partial charge in [-0.2, -0.15) is 4.31 Å². The van der Waals surface area contributed by atoms with Crippen molar-refractivity contribution in [3.8, 4) is 0 Å². The number of benzene rings is 1. The van der Waals surface area contributed by atoms with E-state index in [2.05, 4.69) is 0 Å². The number of carbonyl (C=O) groups excluding carboxylic acids is 1. The Morgan fingerprint density at radius 2 is 1.76 bits per heavy atom. The third-order valence-corrected chi connectivity index (χ3v) is 6.29. The van der Waals surface area contributed by atoms with Gasteiger partial charge in [-0.15, -0.1) is 0 Å². The Bertz CT molecular complexity index is 720. The molecule has 7 nitrogen and oxygen atoms in total. The lowest BCUT2D eigenvalue weighted by atomic mass is 10.1. The monoisotopic (exact) mass is 368 g/mol. The van der Waals surface area contributed by atoms with Crippen LogP contribution in [0.2, 0.25) is 0 Å². The van der Waals surface area contributed by atoms with Gasteiger partial charge >= 0.3 is 0 Å². The molecule has 8 heteroatoms. The summed E-state index contributed by atoms with van der Waals surface area (Å²) in [4.78, 5) is 14.7. The summed E-state index contributed by atoms with van der Waals surface area (Å²) in [7, 11) is -3.61. The second-order valence-corrected chi connectivity index (χ2v) is 8.45. The van der Waals surface area contributed by atoms with Gasteiger partial charge in [0.15, 0.2) is 0 Å². The summed E-state index contributed by atoms with van der Waals surface area (Å²) in [6, 6.07) is 6.28. The summed E-state index contributed by atoms with van der Waals surface area (Å²) in [5.74, 6) is -0.166. The van der Waals surface area contributed by atoms with E-state index in [-0.39, 0.29) is 23.0 Å². The molecule has 0 unspecified atom stereocenters. The Labute approximate surface area is 148 Å². The zero-order valence-corrected chi connectivity index (χ0v) is 15.4. The first-order valence-electron chi connectivity index (χ1n) is 8.50. The van der Waals surface area contributed by atoms with Gasteiger partial charge < -0.3 is 14.4 Å². The summed E-state index contributed by atoms with van der Waals surface area (Å²) in [6.45, 7) is 6.30. The van der Waals surface area contributed by atoms with Crippen LogP contribution >= 0.6 is 0 Å². The molecule has 0 aliphatic carbocycles. The fourth-order valence-corrected chi connectivity index (χ4v) is 4.71. The number of hydrogen-bond acceptors (Lipinski definition) is 5. The SMILES string of the molecule is C[C@H]1CN(C(=O)c2cccc(S(=O)(=O)N3CCOCC3)c2)C[C@H](C)O1. The highest BCUT2D eigenvalue weighted by atomic mass is 32.2. The second kappa shape index (κ2) is 7.41. The quantitative estimate of drug-likeness (QED) is 0.794. The van der Waals surface area contributed by atoms with E-state index in [1.54, 1.807) is 17.0 Å². The first-order valence-corrected chi connectivity index (χ1v) is 9.94. The molecule has 2 atom stereocenters. The van der Waals surface area contributed by atoms with Crippen LogP contribution in [0.4, 0.5) is 0 Å². The van der Waals surface area contributed by atoms with Crippen molar-refractivity contribution in [1.82, 2.24) is 9.21 Å². The molecule has 2 aliphatic rings. The molecule has 0 saturated carbocycles. The lowest BCUT2D eigenvalue weighted by molar-refractivity contribution is -0.0586. The first-order chi connectivity index (χ1) is 11.9. The summed E-state index contributed by atoms with van der Waals surface area (Å²) >= 11 is 0. The van der Waals surface area contributed by atoms with E-state index in [1.165, 1.54) is 16.4 Å². The number of amides is 1. The molecule has 0 aromatic heterocycles. The maximum absolute atomic E-state index is 12.8. The third-order valence-electron chi connectivity index (χ3n) is 4.40. The smallest absolute Gasteiger partial charge is 0.254 e. The lowest BCUT2D eigenvalue weighted by Crippen LogP contribution is -2.48. The topological polar surface area (TPSA) is 76.2 Å². The van der Waals surface area contributed by atoms with Crippen LogP contribution < -0.4 is 0 Å². The third kappa shape index (κ3) is 4.03. The molecule has 0 spiro atoms. The molecule has 2 fully saturated rings. The predicted molar refractivity (Wildman–Crippen MR) is 91.9 cm³/mol. The van der Waals surface area contributed by atoms with Crippen molar-refractivity contribution >= 4 is 15.9 Å². The number of ether oxygens (including phenoxy) is 2. The van der Waals surface area contributed by atoms with Gasteiger partial charge in [-0.05, 0) is 32.0 Å². The van der Waals surface area contributed by atoms with Crippen molar-refractivity contribution in [2.24, 2.45) is 0 Å². The number of carbonyl (C=O) groups is 1. The standard InChI is InChI=1S/C17H24N2O5S/c1-13-11-18(12-14(2)24-13)17(20)15-4-3-5-16(10-15)25(21,22)19-6-8-23-9-7-19/h3-5,10,13-14H,6-9,11-12H2,1-2H3/t13-,14-/m0/s1. The minimum Gasteiger partial charge on any atom is -0.379 e. The Morgan fingerprint density at radius 1 is 1.12 bits per heavy atom. The van der Waals surface area contributed by atoms with Crippen molar-refractivity contribution in [3.63, 3.8) is 0 Å². The highest BCUT2D eigenvalue weighted by Gasteiger charge is 2.29. The molecule has 3 rings (SSSR count). The fourth-order valence-electron chi connectivity index (χ4n) is 3.25. The molecule has 1 aromatic rings. The van der Waals surface area contributed by atoms with E-state index in [0.29, 0.717) is 45.0 Å². The average Bonchev–Trinajstić information content (AvgIpc) is 2.61. The van der Waals surface area contributed by atoms with Gasteiger partial charge in [0.05, 0.1) is 30.3 Å². The van der Waals surface area contributed by atoms with Gasteiger partial charge in [0, 0.05) is 31.7 Å². The van der Waals surface area contributed by atoms with Gasteiger partial charge in [0.1, 0.15) is 0 Å². The minimum atomic E-state index is -3.61. The first kappa shape index (κ1) is 18.3. The van der Waals surface area contributed by atoms with Crippen LogP contribution in [0.25, 0.3) is 0 Å². The van der Waals surface area contributed by atoms with Crippen molar-refractivity contribution < 1.29 is 22.7 Å².